The Morgan fingerprint density at radius 1 is 0.870 bits per heavy atom. The number of hydrogen-bond donors (Lipinski definition) is 3. The van der Waals surface area contributed by atoms with E-state index in [-0.39, 0.29) is 28.9 Å². The molecule has 8 aliphatic rings. The van der Waals surface area contributed by atoms with Crippen molar-refractivity contribution in [1.29, 1.82) is 0 Å². The second-order valence-electron chi connectivity index (χ2n) is 9.56. The van der Waals surface area contributed by atoms with Gasteiger partial charge in [-0.2, -0.15) is 0 Å². The maximum absolute atomic E-state index is 13.0. The maximum Gasteiger partial charge on any atom is 0.310 e. The minimum atomic E-state index is -0.590. The Bertz CT molecular complexity index is 634. The maximum atomic E-state index is 13.0. The molecule has 2 bridgehead atoms. The van der Waals surface area contributed by atoms with Gasteiger partial charge in [-0.25, -0.2) is 0 Å². The van der Waals surface area contributed by atoms with Crippen LogP contribution in [-0.2, 0) is 9.59 Å². The van der Waals surface area contributed by atoms with Gasteiger partial charge in [-0.05, 0) is 73.0 Å². The molecule has 5 nitrogen and oxygen atoms in total. The molecule has 0 saturated heterocycles. The number of aliphatic hydroxyl groups excluding tert-OH is 1. The molecule has 0 spiro atoms. The molecular weight excluding hydrogens is 294 g/mol. The minimum Gasteiger partial charge on any atom is -0.481 e. The normalized spacial score (nSPS) is 70.1. The van der Waals surface area contributed by atoms with Crippen molar-refractivity contribution >= 4 is 11.9 Å². The SMILES string of the molecule is O=C(O)C12C3C4C1C1C2C3C41C(=O)NC1C[C@H]2CC[C@@H](C1)C2O. The first-order valence-corrected chi connectivity index (χ1v) is 9.28. The number of rotatable bonds is 3. The summed E-state index contributed by atoms with van der Waals surface area (Å²) in [5.74, 6) is 2.56. The van der Waals surface area contributed by atoms with E-state index >= 15 is 0 Å². The Balaban J connectivity index is 1.10. The number of carboxylic acids is 1. The van der Waals surface area contributed by atoms with Gasteiger partial charge in [0.05, 0.1) is 16.9 Å². The van der Waals surface area contributed by atoms with Crippen LogP contribution >= 0.6 is 0 Å². The highest BCUT2D eigenvalue weighted by Crippen LogP contribution is 3.10. The van der Waals surface area contributed by atoms with Crippen LogP contribution in [0, 0.1) is 58.2 Å². The van der Waals surface area contributed by atoms with E-state index in [4.69, 9.17) is 0 Å². The van der Waals surface area contributed by atoms with E-state index in [1.165, 1.54) is 0 Å². The molecule has 0 heterocycles. The molecule has 2 unspecified atom stereocenters. The average Bonchev–Trinajstić information content (AvgIpc) is 2.75. The number of aliphatic carboxylic acids is 1. The van der Waals surface area contributed by atoms with Crippen LogP contribution in [0.25, 0.3) is 0 Å². The van der Waals surface area contributed by atoms with Crippen molar-refractivity contribution in [2.45, 2.75) is 37.8 Å². The zero-order valence-corrected chi connectivity index (χ0v) is 12.8. The van der Waals surface area contributed by atoms with Crippen LogP contribution < -0.4 is 5.32 Å². The molecule has 122 valence electrons. The van der Waals surface area contributed by atoms with Gasteiger partial charge in [0, 0.05) is 6.04 Å². The summed E-state index contributed by atoms with van der Waals surface area (Å²) in [4.78, 5) is 24.5. The summed E-state index contributed by atoms with van der Waals surface area (Å²) in [5.41, 5.74) is -0.525. The Kier molecular flexibility index (Phi) is 1.64. The molecule has 8 saturated carbocycles. The zero-order valence-electron chi connectivity index (χ0n) is 12.8. The van der Waals surface area contributed by atoms with Crippen LogP contribution in [-0.4, -0.2) is 34.2 Å². The summed E-state index contributed by atoms with van der Waals surface area (Å²) < 4.78 is 0. The molecule has 8 fully saturated rings. The first kappa shape index (κ1) is 12.3. The van der Waals surface area contributed by atoms with Gasteiger partial charge in [0.1, 0.15) is 0 Å². The highest BCUT2D eigenvalue weighted by molar-refractivity contribution is 5.98. The summed E-state index contributed by atoms with van der Waals surface area (Å²) in [7, 11) is 0. The van der Waals surface area contributed by atoms with Crippen molar-refractivity contribution in [2.75, 3.05) is 0 Å². The van der Waals surface area contributed by atoms with Crippen LogP contribution in [0.1, 0.15) is 25.7 Å². The number of carbonyl (C=O) groups is 2. The predicted molar refractivity (Wildman–Crippen MR) is 76.8 cm³/mol. The highest BCUT2D eigenvalue weighted by atomic mass is 16.4. The Morgan fingerprint density at radius 2 is 1.35 bits per heavy atom. The molecule has 8 aliphatic carbocycles. The van der Waals surface area contributed by atoms with E-state index in [0.29, 0.717) is 47.3 Å². The van der Waals surface area contributed by atoms with Gasteiger partial charge in [0.25, 0.3) is 0 Å². The number of hydrogen-bond acceptors (Lipinski definition) is 3. The van der Waals surface area contributed by atoms with Crippen LogP contribution in [0.5, 0.6) is 0 Å². The largest absolute Gasteiger partial charge is 0.481 e. The third-order valence-electron chi connectivity index (χ3n) is 9.78. The van der Waals surface area contributed by atoms with E-state index in [0.717, 1.165) is 25.7 Å². The highest BCUT2D eigenvalue weighted by Gasteiger charge is 3.13. The third kappa shape index (κ3) is 0.812. The lowest BCUT2D eigenvalue weighted by atomic mass is 8.92. The smallest absolute Gasteiger partial charge is 0.310 e. The Hall–Kier alpha value is -1.10. The second-order valence-corrected chi connectivity index (χ2v) is 9.56. The summed E-state index contributed by atoms with van der Waals surface area (Å²) in [6.07, 6.45) is 3.90. The van der Waals surface area contributed by atoms with Crippen molar-refractivity contribution in [1.82, 2.24) is 5.32 Å². The fraction of sp³-hybridized carbons (Fsp3) is 0.889. The molecule has 4 atom stereocenters. The minimum absolute atomic E-state index is 0.147. The van der Waals surface area contributed by atoms with Gasteiger partial charge >= 0.3 is 5.97 Å². The van der Waals surface area contributed by atoms with E-state index in [2.05, 4.69) is 5.32 Å². The van der Waals surface area contributed by atoms with Gasteiger partial charge in [0.15, 0.2) is 0 Å². The quantitative estimate of drug-likeness (QED) is 0.707. The van der Waals surface area contributed by atoms with Gasteiger partial charge < -0.3 is 15.5 Å². The molecule has 0 aliphatic heterocycles. The average molecular weight is 315 g/mol. The van der Waals surface area contributed by atoms with Gasteiger partial charge in [-0.3, -0.25) is 9.59 Å². The van der Waals surface area contributed by atoms with Crippen molar-refractivity contribution in [3.8, 4) is 0 Å². The van der Waals surface area contributed by atoms with Crippen molar-refractivity contribution in [3.63, 3.8) is 0 Å². The first-order chi connectivity index (χ1) is 11.1. The summed E-state index contributed by atoms with van der Waals surface area (Å²) >= 11 is 0. The lowest BCUT2D eigenvalue weighted by Crippen LogP contribution is -3.12. The molecule has 0 radical (unpaired) electrons. The molecule has 5 heteroatoms. The van der Waals surface area contributed by atoms with Crippen LogP contribution in [0.2, 0.25) is 0 Å². The molecular formula is C18H21NO4. The zero-order chi connectivity index (χ0) is 15.5. The fourth-order valence-electron chi connectivity index (χ4n) is 9.33. The van der Waals surface area contributed by atoms with Crippen molar-refractivity contribution < 1.29 is 19.8 Å². The number of aliphatic hydroxyl groups is 1. The molecule has 1 amide bonds. The monoisotopic (exact) mass is 315 g/mol. The van der Waals surface area contributed by atoms with Crippen LogP contribution in [0.4, 0.5) is 0 Å². The van der Waals surface area contributed by atoms with E-state index in [9.17, 15) is 19.8 Å². The molecule has 23 heavy (non-hydrogen) atoms. The molecule has 0 aromatic carbocycles. The number of nitrogens with one attached hydrogen (secondary N) is 1. The number of carbonyl (C=O) groups excluding carboxylic acids is 1. The van der Waals surface area contributed by atoms with Crippen molar-refractivity contribution in [3.05, 3.63) is 0 Å². The standard InChI is InChI=1S/C18H21NO4/c20-14-5-1-2-6(14)4-7(3-5)19-15(21)17-8-11-9(17)13-10(17)12(8)18(11,13)16(22)23/h5-14,20H,1-4H2,(H,19,21)(H,22,23)/t5-,6+,7?,8?,9?,10?,11?,12?,13?,14?,17?,18?. The topological polar surface area (TPSA) is 86.6 Å². The Morgan fingerprint density at radius 3 is 1.83 bits per heavy atom. The van der Waals surface area contributed by atoms with E-state index in [1.54, 1.807) is 0 Å². The first-order valence-electron chi connectivity index (χ1n) is 9.28. The molecule has 8 rings (SSSR count). The number of fused-ring (bicyclic) bond motifs is 2. The van der Waals surface area contributed by atoms with Crippen molar-refractivity contribution in [2.24, 2.45) is 58.2 Å². The summed E-state index contributed by atoms with van der Waals surface area (Å²) in [6, 6.07) is 0.234. The lowest BCUT2D eigenvalue weighted by molar-refractivity contribution is -0.626. The number of amides is 1. The van der Waals surface area contributed by atoms with E-state index in [1.807, 2.05) is 0 Å². The Labute approximate surface area is 133 Å². The third-order valence-corrected chi connectivity index (χ3v) is 9.78. The molecule has 0 aromatic rings. The van der Waals surface area contributed by atoms with Gasteiger partial charge in [-0.15, -0.1) is 0 Å². The molecule has 0 aromatic heterocycles. The molecule has 3 N–H and O–H groups in total. The van der Waals surface area contributed by atoms with Gasteiger partial charge in [0.2, 0.25) is 5.91 Å². The van der Waals surface area contributed by atoms with Crippen LogP contribution in [0.15, 0.2) is 0 Å². The summed E-state index contributed by atoms with van der Waals surface area (Å²) in [5, 5.41) is 23.0. The predicted octanol–water partition coefficient (Wildman–Crippen LogP) is 0.475. The lowest BCUT2D eigenvalue weighted by Gasteiger charge is -3.09. The van der Waals surface area contributed by atoms with Gasteiger partial charge in [-0.1, -0.05) is 0 Å². The second kappa shape index (κ2) is 3.07. The van der Waals surface area contributed by atoms with Crippen LogP contribution in [0.3, 0.4) is 0 Å². The van der Waals surface area contributed by atoms with E-state index < -0.39 is 5.97 Å². The fourth-order valence-corrected chi connectivity index (χ4v) is 9.33. The summed E-state index contributed by atoms with van der Waals surface area (Å²) in [6.45, 7) is 0. The number of carboxylic acid groups (broad SMARTS) is 1.